The van der Waals surface area contributed by atoms with Crippen molar-refractivity contribution < 1.29 is 14.9 Å². The molecule has 0 bridgehead atoms. The zero-order valence-electron chi connectivity index (χ0n) is 11.5. The second-order valence-corrected chi connectivity index (χ2v) is 5.15. The molecule has 4 atom stereocenters. The third-order valence-electron chi connectivity index (χ3n) is 3.93. The first-order valence-corrected chi connectivity index (χ1v) is 6.60. The van der Waals surface area contributed by atoms with E-state index in [1.807, 2.05) is 6.92 Å². The lowest BCUT2D eigenvalue weighted by molar-refractivity contribution is -0.0445. The minimum absolute atomic E-state index is 0.223. The quantitative estimate of drug-likeness (QED) is 0.665. The largest absolute Gasteiger partial charge is 0.394 e. The average molecular weight is 288 g/mol. The van der Waals surface area contributed by atoms with Crippen LogP contribution in [0.2, 0.25) is 0 Å². The third-order valence-corrected chi connectivity index (χ3v) is 3.93. The van der Waals surface area contributed by atoms with E-state index in [1.165, 1.54) is 6.33 Å². The van der Waals surface area contributed by atoms with Crippen molar-refractivity contribution >= 4 is 16.9 Å². The zero-order valence-corrected chi connectivity index (χ0v) is 11.5. The van der Waals surface area contributed by atoms with E-state index in [0.717, 1.165) is 0 Å². The smallest absolute Gasteiger partial charge is 0.148 e. The van der Waals surface area contributed by atoms with Crippen molar-refractivity contribution in [2.45, 2.75) is 25.4 Å². The van der Waals surface area contributed by atoms with Gasteiger partial charge in [-0.15, -0.1) is 6.42 Å². The van der Waals surface area contributed by atoms with Crippen LogP contribution < -0.4 is 5.73 Å². The number of aliphatic hydroxyl groups is 2. The van der Waals surface area contributed by atoms with E-state index in [9.17, 15) is 10.2 Å². The van der Waals surface area contributed by atoms with Crippen LogP contribution in [-0.4, -0.2) is 43.6 Å². The van der Waals surface area contributed by atoms with Gasteiger partial charge in [0.1, 0.15) is 30.1 Å². The van der Waals surface area contributed by atoms with Crippen LogP contribution in [0.3, 0.4) is 0 Å². The van der Waals surface area contributed by atoms with E-state index in [-0.39, 0.29) is 12.5 Å². The van der Waals surface area contributed by atoms with Gasteiger partial charge in [0.05, 0.1) is 23.7 Å². The molecule has 1 fully saturated rings. The highest BCUT2D eigenvalue weighted by Gasteiger charge is 2.42. The number of aliphatic hydroxyl groups excluding tert-OH is 2. The van der Waals surface area contributed by atoms with Gasteiger partial charge in [-0.3, -0.25) is 0 Å². The van der Waals surface area contributed by atoms with Gasteiger partial charge in [0.25, 0.3) is 0 Å². The van der Waals surface area contributed by atoms with Crippen LogP contribution in [0.1, 0.15) is 18.7 Å². The number of terminal acetylenes is 1. The highest BCUT2D eigenvalue weighted by atomic mass is 16.5. The van der Waals surface area contributed by atoms with Crippen LogP contribution in [0, 0.1) is 18.3 Å². The first-order chi connectivity index (χ1) is 10.1. The molecule has 2 aromatic heterocycles. The first kappa shape index (κ1) is 13.8. The van der Waals surface area contributed by atoms with Gasteiger partial charge < -0.3 is 25.3 Å². The summed E-state index contributed by atoms with van der Waals surface area (Å²) in [5.41, 5.74) is 6.99. The van der Waals surface area contributed by atoms with Crippen molar-refractivity contribution in [1.29, 1.82) is 0 Å². The van der Waals surface area contributed by atoms with E-state index in [2.05, 4.69) is 15.9 Å². The molecule has 3 rings (SSSR count). The Hall–Kier alpha value is -2.14. The number of rotatable bonds is 2. The molecule has 2 unspecified atom stereocenters. The van der Waals surface area contributed by atoms with E-state index in [1.54, 1.807) is 10.8 Å². The number of nitrogens with zero attached hydrogens (tertiary/aromatic N) is 3. The number of hydrogen-bond donors (Lipinski definition) is 3. The second kappa shape index (κ2) is 5.00. The zero-order chi connectivity index (χ0) is 15.1. The van der Waals surface area contributed by atoms with Crippen molar-refractivity contribution in [1.82, 2.24) is 14.5 Å². The van der Waals surface area contributed by atoms with E-state index in [0.29, 0.717) is 22.4 Å². The topological polar surface area (TPSA) is 106 Å². The lowest BCUT2D eigenvalue weighted by atomic mass is 10.0. The summed E-state index contributed by atoms with van der Waals surface area (Å²) in [6.07, 6.45) is 6.71. The Morgan fingerprint density at radius 2 is 2.29 bits per heavy atom. The van der Waals surface area contributed by atoms with Crippen molar-refractivity contribution in [2.24, 2.45) is 5.92 Å². The van der Waals surface area contributed by atoms with Crippen LogP contribution in [0.4, 0.5) is 5.82 Å². The molecule has 0 radical (unpaired) electrons. The van der Waals surface area contributed by atoms with E-state index >= 15 is 0 Å². The van der Waals surface area contributed by atoms with Crippen molar-refractivity contribution in [3.05, 3.63) is 18.1 Å². The lowest BCUT2D eigenvalue weighted by Crippen LogP contribution is -2.28. The summed E-state index contributed by atoms with van der Waals surface area (Å²) in [5.74, 6) is 2.64. The predicted molar refractivity (Wildman–Crippen MR) is 76.0 cm³/mol. The summed E-state index contributed by atoms with van der Waals surface area (Å²) >= 11 is 0. The second-order valence-electron chi connectivity index (χ2n) is 5.15. The number of ether oxygens (including phenoxy) is 1. The fourth-order valence-corrected chi connectivity index (χ4v) is 2.77. The number of nitrogen functional groups attached to an aromatic ring is 1. The highest BCUT2D eigenvalue weighted by Crippen LogP contribution is 2.37. The maximum Gasteiger partial charge on any atom is 0.148 e. The molecule has 7 nitrogen and oxygen atoms in total. The molecule has 0 spiro atoms. The molecule has 0 aliphatic carbocycles. The molecule has 21 heavy (non-hydrogen) atoms. The van der Waals surface area contributed by atoms with Gasteiger partial charge in [-0.25, -0.2) is 9.97 Å². The lowest BCUT2D eigenvalue weighted by Gasteiger charge is -2.18. The summed E-state index contributed by atoms with van der Waals surface area (Å²) in [5, 5.41) is 19.9. The molecular weight excluding hydrogens is 272 g/mol. The van der Waals surface area contributed by atoms with Crippen molar-refractivity contribution in [3.63, 3.8) is 0 Å². The molecule has 4 N–H and O–H groups in total. The van der Waals surface area contributed by atoms with Gasteiger partial charge in [0.15, 0.2) is 0 Å². The highest BCUT2D eigenvalue weighted by molar-refractivity contribution is 5.92. The summed E-state index contributed by atoms with van der Waals surface area (Å²) in [7, 11) is 0. The summed E-state index contributed by atoms with van der Waals surface area (Å²) in [6, 6.07) is 0. The van der Waals surface area contributed by atoms with Crippen molar-refractivity contribution in [3.8, 4) is 12.3 Å². The number of anilines is 1. The average Bonchev–Trinajstić information content (AvgIpc) is 2.99. The molecule has 1 aliphatic rings. The Balaban J connectivity index is 2.14. The fraction of sp³-hybridized carbons (Fsp3) is 0.429. The summed E-state index contributed by atoms with van der Waals surface area (Å²) in [6.45, 7) is 1.59. The molecule has 0 amide bonds. The van der Waals surface area contributed by atoms with Crippen molar-refractivity contribution in [2.75, 3.05) is 12.3 Å². The molecular formula is C14H16N4O3. The molecule has 7 heteroatoms. The monoisotopic (exact) mass is 288 g/mol. The maximum absolute atomic E-state index is 10.1. The molecule has 1 aliphatic heterocycles. The molecule has 110 valence electrons. The number of hydrogen-bond acceptors (Lipinski definition) is 6. The Labute approximate surface area is 121 Å². The molecule has 1 saturated heterocycles. The Kier molecular flexibility index (Phi) is 3.29. The van der Waals surface area contributed by atoms with Crippen LogP contribution in [0.25, 0.3) is 11.0 Å². The van der Waals surface area contributed by atoms with E-state index in [4.69, 9.17) is 16.9 Å². The fourth-order valence-electron chi connectivity index (χ4n) is 2.77. The first-order valence-electron chi connectivity index (χ1n) is 6.60. The normalized spacial score (nSPS) is 28.9. The maximum atomic E-state index is 10.1. The SMILES string of the molecule is C#Cc1cn([C@@H]2O[C@H](CO)C(O)C2C)c2ncnc(N)c12. The van der Waals surface area contributed by atoms with Crippen LogP contribution in [0.5, 0.6) is 0 Å². The van der Waals surface area contributed by atoms with Crippen LogP contribution in [0.15, 0.2) is 12.5 Å². The number of nitrogens with two attached hydrogens (primary N) is 1. The Bertz CT molecular complexity index is 721. The minimum atomic E-state index is -0.758. The minimum Gasteiger partial charge on any atom is -0.394 e. The van der Waals surface area contributed by atoms with Crippen LogP contribution in [-0.2, 0) is 4.74 Å². The van der Waals surface area contributed by atoms with Gasteiger partial charge in [-0.1, -0.05) is 12.8 Å². The third kappa shape index (κ3) is 1.96. The van der Waals surface area contributed by atoms with Gasteiger partial charge in [0.2, 0.25) is 0 Å². The van der Waals surface area contributed by atoms with Crippen LogP contribution >= 0.6 is 0 Å². The predicted octanol–water partition coefficient (Wildman–Crippen LogP) is -0.119. The molecule has 3 heterocycles. The van der Waals surface area contributed by atoms with Gasteiger partial charge >= 0.3 is 0 Å². The van der Waals surface area contributed by atoms with Gasteiger partial charge in [-0.05, 0) is 0 Å². The summed E-state index contributed by atoms with van der Waals surface area (Å²) in [4.78, 5) is 8.17. The standard InChI is InChI=1S/C14H16N4O3/c1-3-8-4-18(13-10(8)12(15)16-6-17-13)14-7(2)11(20)9(5-19)21-14/h1,4,6-7,9,11,14,19-20H,5H2,2H3,(H2,15,16,17)/t7?,9-,11?,14-/m1/s1. The molecule has 0 saturated carbocycles. The Morgan fingerprint density at radius 3 is 2.90 bits per heavy atom. The van der Waals surface area contributed by atoms with E-state index < -0.39 is 18.4 Å². The summed E-state index contributed by atoms with van der Waals surface area (Å²) < 4.78 is 7.46. The number of aromatic nitrogens is 3. The Morgan fingerprint density at radius 1 is 1.52 bits per heavy atom. The molecule has 0 aromatic carbocycles. The number of fused-ring (bicyclic) bond motifs is 1. The molecule has 2 aromatic rings. The van der Waals surface area contributed by atoms with Gasteiger partial charge in [-0.2, -0.15) is 0 Å². The van der Waals surface area contributed by atoms with Gasteiger partial charge in [0, 0.05) is 12.1 Å².